The Morgan fingerprint density at radius 2 is 1.91 bits per heavy atom. The summed E-state index contributed by atoms with van der Waals surface area (Å²) in [6.45, 7) is 5.31. The predicted octanol–water partition coefficient (Wildman–Crippen LogP) is 3.75. The van der Waals surface area contributed by atoms with Gasteiger partial charge in [-0.25, -0.2) is 0 Å². The van der Waals surface area contributed by atoms with Crippen LogP contribution in [-0.4, -0.2) is 66.8 Å². The first kappa shape index (κ1) is 21.8. The second kappa shape index (κ2) is 14.0. The molecule has 8 heteroatoms. The van der Waals surface area contributed by atoms with Gasteiger partial charge in [-0.2, -0.15) is 0 Å². The van der Waals surface area contributed by atoms with Crippen LogP contribution in [0.1, 0.15) is 25.7 Å². The van der Waals surface area contributed by atoms with E-state index in [1.165, 1.54) is 42.5 Å². The zero-order valence-corrected chi connectivity index (χ0v) is 16.9. The van der Waals surface area contributed by atoms with E-state index < -0.39 is 0 Å². The summed E-state index contributed by atoms with van der Waals surface area (Å²) < 4.78 is 5.31. The van der Waals surface area contributed by atoms with E-state index in [1.807, 2.05) is 21.6 Å². The van der Waals surface area contributed by atoms with E-state index in [4.69, 9.17) is 4.74 Å². The molecule has 1 N–H and O–H groups in total. The van der Waals surface area contributed by atoms with E-state index in [0.717, 1.165) is 57.5 Å². The fourth-order valence-corrected chi connectivity index (χ4v) is 6.34. The van der Waals surface area contributed by atoms with Gasteiger partial charge in [-0.05, 0) is 18.8 Å². The molecule has 1 amide bonds. The molecule has 0 bridgehead atoms. The number of thioether (sulfide) groups is 1. The molecular formula is C15H29ClN2O2S3. The van der Waals surface area contributed by atoms with Crippen molar-refractivity contribution >= 4 is 51.0 Å². The zero-order valence-electron chi connectivity index (χ0n) is 13.7. The van der Waals surface area contributed by atoms with Crippen LogP contribution in [0.15, 0.2) is 0 Å². The number of carbonyl (C=O) groups is 1. The van der Waals surface area contributed by atoms with Crippen LogP contribution in [0.3, 0.4) is 0 Å². The molecule has 2 fully saturated rings. The van der Waals surface area contributed by atoms with Gasteiger partial charge in [0.15, 0.2) is 0 Å². The molecule has 136 valence electrons. The Morgan fingerprint density at radius 3 is 2.65 bits per heavy atom. The quantitative estimate of drug-likeness (QED) is 0.469. The van der Waals surface area contributed by atoms with E-state index in [-0.39, 0.29) is 17.6 Å². The first-order valence-electron chi connectivity index (χ1n) is 8.30. The zero-order chi connectivity index (χ0) is 15.5. The second-order valence-corrected chi connectivity index (χ2v) is 9.42. The molecule has 0 spiro atoms. The third-order valence-corrected chi connectivity index (χ3v) is 7.58. The fourth-order valence-electron chi connectivity index (χ4n) is 2.57. The number of amides is 1. The van der Waals surface area contributed by atoms with Gasteiger partial charge in [-0.3, -0.25) is 9.69 Å². The van der Waals surface area contributed by atoms with Crippen molar-refractivity contribution in [3.63, 3.8) is 0 Å². The highest BCUT2D eigenvalue weighted by atomic mass is 35.5. The minimum Gasteiger partial charge on any atom is -0.379 e. The van der Waals surface area contributed by atoms with E-state index in [1.54, 1.807) is 0 Å². The third kappa shape index (κ3) is 10.3. The molecule has 0 saturated carbocycles. The Labute approximate surface area is 158 Å². The van der Waals surface area contributed by atoms with Gasteiger partial charge < -0.3 is 10.1 Å². The lowest BCUT2D eigenvalue weighted by Gasteiger charge is -2.26. The topological polar surface area (TPSA) is 41.6 Å². The van der Waals surface area contributed by atoms with Crippen LogP contribution in [0.5, 0.6) is 0 Å². The normalized spacial score (nSPS) is 19.5. The van der Waals surface area contributed by atoms with Gasteiger partial charge in [0.05, 0.1) is 13.2 Å². The molecule has 0 aromatic rings. The maximum atomic E-state index is 11.7. The summed E-state index contributed by atoms with van der Waals surface area (Å²) in [6, 6.07) is 0. The minimum absolute atomic E-state index is 0. The Balaban J connectivity index is 0.00000264. The Bertz CT molecular complexity index is 315. The lowest BCUT2D eigenvalue weighted by molar-refractivity contribution is 0.0388. The summed E-state index contributed by atoms with van der Waals surface area (Å²) in [7, 11) is 4.04. The molecule has 2 saturated heterocycles. The first-order valence-corrected chi connectivity index (χ1v) is 11.8. The van der Waals surface area contributed by atoms with Crippen LogP contribution >= 0.6 is 45.8 Å². The number of hydrogen-bond donors (Lipinski definition) is 1. The maximum Gasteiger partial charge on any atom is 0.279 e. The Morgan fingerprint density at radius 1 is 1.17 bits per heavy atom. The molecule has 4 nitrogen and oxygen atoms in total. The molecule has 0 aliphatic carbocycles. The van der Waals surface area contributed by atoms with Crippen molar-refractivity contribution in [3.05, 3.63) is 0 Å². The summed E-state index contributed by atoms with van der Waals surface area (Å²) in [6.07, 6.45) is 5.12. The van der Waals surface area contributed by atoms with Gasteiger partial charge in [0.2, 0.25) is 0 Å². The number of morpholine rings is 1. The van der Waals surface area contributed by atoms with Gasteiger partial charge in [-0.1, -0.05) is 46.2 Å². The van der Waals surface area contributed by atoms with Crippen LogP contribution < -0.4 is 5.32 Å². The molecule has 2 aliphatic rings. The summed E-state index contributed by atoms with van der Waals surface area (Å²) >= 11 is 1.44. The molecule has 23 heavy (non-hydrogen) atoms. The average molecular weight is 401 g/mol. The van der Waals surface area contributed by atoms with Crippen LogP contribution in [0.4, 0.5) is 4.79 Å². The molecule has 0 aromatic carbocycles. The largest absolute Gasteiger partial charge is 0.379 e. The average Bonchev–Trinajstić information content (AvgIpc) is 3.05. The number of nitrogens with zero attached hydrogens (tertiary/aromatic N) is 1. The van der Waals surface area contributed by atoms with Crippen LogP contribution in [0.2, 0.25) is 0 Å². The lowest BCUT2D eigenvalue weighted by Crippen LogP contribution is -2.40. The number of rotatable bonds is 9. The van der Waals surface area contributed by atoms with E-state index in [0.29, 0.717) is 0 Å². The molecule has 0 aromatic heterocycles. The van der Waals surface area contributed by atoms with E-state index in [9.17, 15) is 4.79 Å². The van der Waals surface area contributed by atoms with Crippen molar-refractivity contribution in [1.82, 2.24) is 10.2 Å². The molecular weight excluding hydrogens is 372 g/mol. The second-order valence-electron chi connectivity index (χ2n) is 5.80. The summed E-state index contributed by atoms with van der Waals surface area (Å²) in [5.74, 6) is 4.57. The molecule has 0 atom stereocenters. The van der Waals surface area contributed by atoms with Crippen molar-refractivity contribution < 1.29 is 9.53 Å². The number of carbonyl (C=O) groups excluding carboxylic acids is 1. The Kier molecular flexibility index (Phi) is 13.2. The highest BCUT2D eigenvalue weighted by molar-refractivity contribution is 8.77. The first-order chi connectivity index (χ1) is 10.8. The third-order valence-electron chi connectivity index (χ3n) is 3.98. The van der Waals surface area contributed by atoms with Crippen LogP contribution in [-0.2, 0) is 4.74 Å². The maximum absolute atomic E-state index is 11.7. The van der Waals surface area contributed by atoms with Crippen LogP contribution in [0.25, 0.3) is 0 Å². The smallest absolute Gasteiger partial charge is 0.279 e. The number of nitrogens with one attached hydrogen (secondary N) is 1. The monoisotopic (exact) mass is 400 g/mol. The summed E-state index contributed by atoms with van der Waals surface area (Å²) in [5, 5.41) is 3.14. The summed E-state index contributed by atoms with van der Waals surface area (Å²) in [5.41, 5.74) is 0. The highest BCUT2D eigenvalue weighted by Crippen LogP contribution is 2.36. The van der Waals surface area contributed by atoms with Crippen molar-refractivity contribution in [1.29, 1.82) is 0 Å². The number of ether oxygens (including phenoxy) is 1. The molecule has 0 unspecified atom stereocenters. The Hall–Kier alpha value is 0.730. The van der Waals surface area contributed by atoms with Crippen LogP contribution in [0, 0.1) is 5.92 Å². The lowest BCUT2D eigenvalue weighted by atomic mass is 10.1. The van der Waals surface area contributed by atoms with Gasteiger partial charge in [0.1, 0.15) is 0 Å². The van der Waals surface area contributed by atoms with E-state index >= 15 is 0 Å². The minimum atomic E-state index is 0. The van der Waals surface area contributed by atoms with Crippen molar-refractivity contribution in [2.75, 3.05) is 56.7 Å². The van der Waals surface area contributed by atoms with Gasteiger partial charge in [0.25, 0.3) is 5.24 Å². The van der Waals surface area contributed by atoms with Gasteiger partial charge >= 0.3 is 0 Å². The van der Waals surface area contributed by atoms with Gasteiger partial charge in [-0.15, -0.1) is 12.4 Å². The number of unbranched alkanes of at least 4 members (excludes halogenated alkanes) is 2. The molecule has 2 rings (SSSR count). The molecule has 0 radical (unpaired) electrons. The highest BCUT2D eigenvalue weighted by Gasteiger charge is 2.15. The number of halogens is 1. The number of hydrogen-bond acceptors (Lipinski definition) is 6. The fraction of sp³-hybridized carbons (Fsp3) is 0.933. The van der Waals surface area contributed by atoms with Gasteiger partial charge in [0, 0.05) is 43.4 Å². The van der Waals surface area contributed by atoms with Crippen molar-refractivity contribution in [3.8, 4) is 0 Å². The SMILES string of the molecule is Cl.O=C(NCCN1CCOCC1)SCCCCCC1CSSC1. The molecule has 2 heterocycles. The van der Waals surface area contributed by atoms with E-state index in [2.05, 4.69) is 10.2 Å². The van der Waals surface area contributed by atoms with Crippen molar-refractivity contribution in [2.45, 2.75) is 25.7 Å². The molecule has 2 aliphatic heterocycles. The van der Waals surface area contributed by atoms with Crippen molar-refractivity contribution in [2.24, 2.45) is 5.92 Å². The summed E-state index contributed by atoms with van der Waals surface area (Å²) in [4.78, 5) is 14.1. The standard InChI is InChI=1S/C15H28N2O2S3.ClH/c18-15(16-5-6-17-7-9-19-10-8-17)20-11-3-1-2-4-14-12-21-22-13-14;/h14H,1-13H2,(H,16,18);1H. The predicted molar refractivity (Wildman–Crippen MR) is 107 cm³/mol.